The summed E-state index contributed by atoms with van der Waals surface area (Å²) < 4.78 is 30.8. The zero-order valence-corrected chi connectivity index (χ0v) is 13.0. The molecule has 0 atom stereocenters. The van der Waals surface area contributed by atoms with Gasteiger partial charge in [0.2, 0.25) is 14.9 Å². The molecule has 1 aromatic carbocycles. The molecule has 0 aliphatic carbocycles. The SMILES string of the molecule is C=N/N=C(\C)c1ccc(S(=O)(=O)c2ccc(Br)cc2)o1. The summed E-state index contributed by atoms with van der Waals surface area (Å²) in [5, 5.41) is 6.95. The Balaban J connectivity index is 2.43. The van der Waals surface area contributed by atoms with E-state index in [0.717, 1.165) is 4.47 Å². The minimum atomic E-state index is -3.67. The third-order valence-electron chi connectivity index (χ3n) is 2.55. The normalized spacial score (nSPS) is 12.4. The summed E-state index contributed by atoms with van der Waals surface area (Å²) in [6.45, 7) is 4.89. The fourth-order valence-corrected chi connectivity index (χ4v) is 2.98. The average molecular weight is 355 g/mol. The first-order valence-electron chi connectivity index (χ1n) is 5.56. The molecule has 0 fully saturated rings. The number of hydrogen-bond acceptors (Lipinski definition) is 5. The van der Waals surface area contributed by atoms with Crippen LogP contribution in [0.3, 0.4) is 0 Å². The van der Waals surface area contributed by atoms with Gasteiger partial charge in [-0.25, -0.2) is 8.42 Å². The predicted octanol–water partition coefficient (Wildman–Crippen LogP) is 3.30. The van der Waals surface area contributed by atoms with Crippen LogP contribution in [0.4, 0.5) is 0 Å². The molecule has 0 bridgehead atoms. The number of hydrogen-bond donors (Lipinski definition) is 0. The lowest BCUT2D eigenvalue weighted by atomic mass is 10.3. The van der Waals surface area contributed by atoms with Crippen LogP contribution in [-0.4, -0.2) is 20.8 Å². The summed E-state index contributed by atoms with van der Waals surface area (Å²) in [5.74, 6) is 0.341. The van der Waals surface area contributed by atoms with E-state index < -0.39 is 9.84 Å². The highest BCUT2D eigenvalue weighted by Gasteiger charge is 2.22. The molecule has 0 saturated heterocycles. The molecule has 0 unspecified atom stereocenters. The summed E-state index contributed by atoms with van der Waals surface area (Å²) in [4.78, 5) is 0.165. The van der Waals surface area contributed by atoms with Gasteiger partial charge in [0.25, 0.3) is 0 Å². The smallest absolute Gasteiger partial charge is 0.239 e. The van der Waals surface area contributed by atoms with Gasteiger partial charge in [-0.1, -0.05) is 15.9 Å². The molecular weight excluding hydrogens is 344 g/mol. The summed E-state index contributed by atoms with van der Waals surface area (Å²) in [7, 11) is -3.67. The number of sulfone groups is 1. The van der Waals surface area contributed by atoms with Gasteiger partial charge < -0.3 is 4.42 Å². The Hall–Kier alpha value is -1.73. The average Bonchev–Trinajstić information content (AvgIpc) is 2.90. The van der Waals surface area contributed by atoms with E-state index in [9.17, 15) is 8.42 Å². The third-order valence-corrected chi connectivity index (χ3v) is 4.72. The minimum absolute atomic E-state index is 0.131. The van der Waals surface area contributed by atoms with E-state index >= 15 is 0 Å². The van der Waals surface area contributed by atoms with Gasteiger partial charge >= 0.3 is 0 Å². The molecule has 0 saturated carbocycles. The molecular formula is C13H11BrN2O3S. The summed E-state index contributed by atoms with van der Waals surface area (Å²) in [6, 6.07) is 9.27. The molecule has 2 rings (SSSR count). The van der Waals surface area contributed by atoms with Crippen LogP contribution in [0.1, 0.15) is 12.7 Å². The highest BCUT2D eigenvalue weighted by atomic mass is 79.9. The Bertz CT molecular complexity index is 761. The second-order valence-electron chi connectivity index (χ2n) is 3.90. The van der Waals surface area contributed by atoms with Gasteiger partial charge in [-0.3, -0.25) is 0 Å². The number of halogens is 1. The maximum Gasteiger partial charge on any atom is 0.239 e. The van der Waals surface area contributed by atoms with Crippen molar-refractivity contribution in [3.63, 3.8) is 0 Å². The molecule has 1 heterocycles. The molecule has 7 heteroatoms. The van der Waals surface area contributed by atoms with Crippen molar-refractivity contribution in [3.8, 4) is 0 Å². The third kappa shape index (κ3) is 2.88. The van der Waals surface area contributed by atoms with Gasteiger partial charge in [0.1, 0.15) is 5.71 Å². The number of benzene rings is 1. The van der Waals surface area contributed by atoms with Gasteiger partial charge in [-0.2, -0.15) is 10.2 Å². The van der Waals surface area contributed by atoms with E-state index in [2.05, 4.69) is 32.9 Å². The maximum absolute atomic E-state index is 12.4. The van der Waals surface area contributed by atoms with Gasteiger partial charge in [-0.15, -0.1) is 0 Å². The second-order valence-corrected chi connectivity index (χ2v) is 6.70. The molecule has 0 radical (unpaired) electrons. The molecule has 0 aliphatic heterocycles. The summed E-state index contributed by atoms with van der Waals surface area (Å²) >= 11 is 3.26. The van der Waals surface area contributed by atoms with Gasteiger partial charge in [-0.05, 0) is 43.3 Å². The van der Waals surface area contributed by atoms with E-state index in [0.29, 0.717) is 11.5 Å². The van der Waals surface area contributed by atoms with Crippen molar-refractivity contribution >= 4 is 38.2 Å². The van der Waals surface area contributed by atoms with Gasteiger partial charge in [0.05, 0.1) is 4.90 Å². The first-order chi connectivity index (χ1) is 9.45. The fraction of sp³-hybridized carbons (Fsp3) is 0.0769. The van der Waals surface area contributed by atoms with Crippen molar-refractivity contribution < 1.29 is 12.8 Å². The van der Waals surface area contributed by atoms with Gasteiger partial charge in [0.15, 0.2) is 5.76 Å². The van der Waals surface area contributed by atoms with Crippen molar-refractivity contribution in [3.05, 3.63) is 46.6 Å². The first-order valence-corrected chi connectivity index (χ1v) is 7.84. The minimum Gasteiger partial charge on any atom is -0.443 e. The van der Waals surface area contributed by atoms with Crippen molar-refractivity contribution in [2.75, 3.05) is 0 Å². The fourth-order valence-electron chi connectivity index (χ4n) is 1.54. The number of nitrogens with zero attached hydrogens (tertiary/aromatic N) is 2. The molecule has 1 aromatic heterocycles. The largest absolute Gasteiger partial charge is 0.443 e. The van der Waals surface area contributed by atoms with Gasteiger partial charge in [0, 0.05) is 11.2 Å². The zero-order valence-electron chi connectivity index (χ0n) is 10.6. The van der Waals surface area contributed by atoms with Crippen LogP contribution in [0.15, 0.2) is 65.5 Å². The Morgan fingerprint density at radius 2 is 1.85 bits per heavy atom. The molecule has 5 nitrogen and oxygen atoms in total. The van der Waals surface area contributed by atoms with E-state index in [4.69, 9.17) is 4.42 Å². The molecule has 0 spiro atoms. The molecule has 20 heavy (non-hydrogen) atoms. The monoisotopic (exact) mass is 354 g/mol. The summed E-state index contributed by atoms with van der Waals surface area (Å²) in [5.41, 5.74) is 0.456. The Morgan fingerprint density at radius 1 is 1.20 bits per heavy atom. The molecule has 0 aliphatic rings. The van der Waals surface area contributed by atoms with E-state index in [1.165, 1.54) is 24.3 Å². The van der Waals surface area contributed by atoms with E-state index in [-0.39, 0.29) is 9.99 Å². The van der Waals surface area contributed by atoms with Crippen molar-refractivity contribution in [1.29, 1.82) is 0 Å². The molecule has 0 amide bonds. The standard InChI is InChI=1S/C13H11BrN2O3S/c1-9(16-15-2)12-7-8-13(19-12)20(17,18)11-5-3-10(14)4-6-11/h3-8H,2H2,1H3/b16-9+. The number of furan rings is 1. The lowest BCUT2D eigenvalue weighted by Gasteiger charge is -2.01. The number of rotatable bonds is 4. The molecule has 0 N–H and O–H groups in total. The Kier molecular flexibility index (Phi) is 4.20. The molecule has 104 valence electrons. The highest BCUT2D eigenvalue weighted by Crippen LogP contribution is 2.24. The van der Waals surface area contributed by atoms with E-state index in [1.54, 1.807) is 19.1 Å². The lowest BCUT2D eigenvalue weighted by molar-refractivity contribution is 0.444. The first kappa shape index (κ1) is 14.7. The van der Waals surface area contributed by atoms with Crippen molar-refractivity contribution in [1.82, 2.24) is 0 Å². The lowest BCUT2D eigenvalue weighted by Crippen LogP contribution is -2.00. The highest BCUT2D eigenvalue weighted by molar-refractivity contribution is 9.10. The second kappa shape index (κ2) is 5.72. The van der Waals surface area contributed by atoms with Crippen LogP contribution in [0.5, 0.6) is 0 Å². The van der Waals surface area contributed by atoms with Crippen LogP contribution in [0.2, 0.25) is 0 Å². The van der Waals surface area contributed by atoms with Crippen LogP contribution >= 0.6 is 15.9 Å². The topological polar surface area (TPSA) is 72.0 Å². The van der Waals surface area contributed by atoms with Crippen molar-refractivity contribution in [2.45, 2.75) is 16.9 Å². The maximum atomic E-state index is 12.4. The van der Waals surface area contributed by atoms with Crippen LogP contribution in [0.25, 0.3) is 0 Å². The Labute approximate surface area is 125 Å². The Morgan fingerprint density at radius 3 is 2.45 bits per heavy atom. The van der Waals surface area contributed by atoms with Crippen molar-refractivity contribution in [2.24, 2.45) is 10.2 Å². The van der Waals surface area contributed by atoms with E-state index in [1.807, 2.05) is 0 Å². The quantitative estimate of drug-likeness (QED) is 0.624. The van der Waals surface area contributed by atoms with Crippen LogP contribution in [-0.2, 0) is 9.84 Å². The van der Waals surface area contributed by atoms with Crippen LogP contribution < -0.4 is 0 Å². The predicted molar refractivity (Wildman–Crippen MR) is 80.1 cm³/mol. The molecule has 2 aromatic rings. The van der Waals surface area contributed by atoms with Crippen LogP contribution in [0, 0.1) is 0 Å². The summed E-state index contributed by atoms with van der Waals surface area (Å²) in [6.07, 6.45) is 0. The zero-order chi connectivity index (χ0) is 14.8.